The van der Waals surface area contributed by atoms with Crippen molar-refractivity contribution >= 4 is 15.9 Å². The summed E-state index contributed by atoms with van der Waals surface area (Å²) in [6, 6.07) is 5.18. The molecule has 1 aromatic carbocycles. The average Bonchev–Trinajstić information content (AvgIpc) is 2.77. The number of rotatable bonds is 6. The molecule has 0 spiro atoms. The molecule has 0 atom stereocenters. The first-order chi connectivity index (χ1) is 11.2. The number of carbonyl (C=O) groups is 1. The summed E-state index contributed by atoms with van der Waals surface area (Å²) in [5.74, 6) is -1.40. The molecule has 8 heteroatoms. The van der Waals surface area contributed by atoms with Crippen molar-refractivity contribution in [3.05, 3.63) is 53.0 Å². The van der Waals surface area contributed by atoms with Crippen LogP contribution in [0.2, 0.25) is 0 Å². The van der Waals surface area contributed by atoms with Crippen LogP contribution in [0.3, 0.4) is 0 Å². The van der Waals surface area contributed by atoms with E-state index in [0.29, 0.717) is 18.0 Å². The fourth-order valence-electron chi connectivity index (χ4n) is 2.17. The summed E-state index contributed by atoms with van der Waals surface area (Å²) >= 11 is 0. The van der Waals surface area contributed by atoms with E-state index < -0.39 is 27.5 Å². The van der Waals surface area contributed by atoms with Gasteiger partial charge in [-0.15, -0.1) is 0 Å². The molecule has 0 aliphatic carbocycles. The lowest BCUT2D eigenvalue weighted by Gasteiger charge is -2.06. The maximum Gasteiger partial charge on any atom is 0.302 e. The van der Waals surface area contributed by atoms with E-state index in [1.807, 2.05) is 18.6 Å². The maximum atomic E-state index is 13.1. The number of aromatic nitrogens is 1. The zero-order chi connectivity index (χ0) is 17.9. The predicted octanol–water partition coefficient (Wildman–Crippen LogP) is 2.58. The van der Waals surface area contributed by atoms with E-state index in [2.05, 4.69) is 4.98 Å². The van der Waals surface area contributed by atoms with Gasteiger partial charge in [-0.05, 0) is 30.5 Å². The Morgan fingerprint density at radius 2 is 2.08 bits per heavy atom. The number of halogens is 1. The minimum atomic E-state index is -3.98. The molecule has 2 aromatic rings. The molecule has 0 saturated carbocycles. The van der Waals surface area contributed by atoms with Crippen LogP contribution < -0.4 is 4.72 Å². The lowest BCUT2D eigenvalue weighted by molar-refractivity contribution is 0.0951. The highest BCUT2D eigenvalue weighted by Crippen LogP contribution is 2.15. The number of oxazole rings is 1. The summed E-state index contributed by atoms with van der Waals surface area (Å²) in [6.07, 6.45) is 0.546. The molecule has 0 unspecified atom stereocenters. The molecule has 0 aliphatic heterocycles. The van der Waals surface area contributed by atoms with Crippen LogP contribution >= 0.6 is 0 Å². The molecule has 0 radical (unpaired) electrons. The number of aryl methyl sites for hydroxylation is 1. The molecule has 0 aliphatic rings. The van der Waals surface area contributed by atoms with Crippen molar-refractivity contribution in [3.8, 4) is 0 Å². The summed E-state index contributed by atoms with van der Waals surface area (Å²) in [5, 5.41) is 0. The van der Waals surface area contributed by atoms with Crippen molar-refractivity contribution in [3.63, 3.8) is 0 Å². The summed E-state index contributed by atoms with van der Waals surface area (Å²) < 4.78 is 44.6. The quantitative estimate of drug-likeness (QED) is 0.861. The predicted molar refractivity (Wildman–Crippen MR) is 86.3 cm³/mol. The fraction of sp³-hybridized carbons (Fsp3) is 0.375. The van der Waals surface area contributed by atoms with E-state index >= 15 is 0 Å². The smallest absolute Gasteiger partial charge is 0.302 e. The van der Waals surface area contributed by atoms with Gasteiger partial charge < -0.3 is 4.42 Å². The van der Waals surface area contributed by atoms with Crippen LogP contribution in [0.1, 0.15) is 41.6 Å². The molecule has 0 fully saturated rings. The second kappa shape index (κ2) is 7.12. The lowest BCUT2D eigenvalue weighted by atomic mass is 10.1. The third-order valence-electron chi connectivity index (χ3n) is 3.12. The van der Waals surface area contributed by atoms with E-state index in [4.69, 9.17) is 4.42 Å². The Morgan fingerprint density at radius 3 is 2.71 bits per heavy atom. The molecule has 130 valence electrons. The Balaban J connectivity index is 2.12. The van der Waals surface area contributed by atoms with E-state index in [1.54, 1.807) is 6.92 Å². The molecule has 1 aromatic heterocycles. The summed E-state index contributed by atoms with van der Waals surface area (Å²) in [6.45, 7) is 5.52. The normalized spacial score (nSPS) is 11.7. The number of amides is 1. The van der Waals surface area contributed by atoms with Crippen LogP contribution in [-0.2, 0) is 22.2 Å². The molecule has 6 nitrogen and oxygen atoms in total. The van der Waals surface area contributed by atoms with Gasteiger partial charge in [-0.25, -0.2) is 22.5 Å². The van der Waals surface area contributed by atoms with E-state index in [9.17, 15) is 17.6 Å². The van der Waals surface area contributed by atoms with Gasteiger partial charge in [0.1, 0.15) is 5.82 Å². The van der Waals surface area contributed by atoms with Crippen molar-refractivity contribution in [1.29, 1.82) is 0 Å². The zero-order valence-electron chi connectivity index (χ0n) is 13.7. The minimum absolute atomic E-state index is 0.131. The van der Waals surface area contributed by atoms with E-state index in [1.165, 1.54) is 18.2 Å². The van der Waals surface area contributed by atoms with Gasteiger partial charge in [0.05, 0.1) is 11.4 Å². The summed E-state index contributed by atoms with van der Waals surface area (Å²) in [4.78, 5) is 16.3. The zero-order valence-corrected chi connectivity index (χ0v) is 14.5. The maximum absolute atomic E-state index is 13.1. The largest absolute Gasteiger partial charge is 0.435 e. The van der Waals surface area contributed by atoms with Gasteiger partial charge >= 0.3 is 5.91 Å². The van der Waals surface area contributed by atoms with Crippen molar-refractivity contribution < 1.29 is 22.0 Å². The SMILES string of the molecule is Cc1nc(CC(C)C)oc1C(=O)NS(=O)(=O)Cc1cccc(F)c1. The number of hydrogen-bond donors (Lipinski definition) is 1. The highest BCUT2D eigenvalue weighted by Gasteiger charge is 2.23. The molecule has 1 amide bonds. The molecular weight excluding hydrogens is 335 g/mol. The number of benzene rings is 1. The van der Waals surface area contributed by atoms with Gasteiger partial charge in [0.15, 0.2) is 5.89 Å². The monoisotopic (exact) mass is 354 g/mol. The van der Waals surface area contributed by atoms with E-state index in [0.717, 1.165) is 6.07 Å². The molecule has 1 N–H and O–H groups in total. The van der Waals surface area contributed by atoms with Crippen LogP contribution in [-0.4, -0.2) is 19.3 Å². The van der Waals surface area contributed by atoms with Crippen LogP contribution in [0.4, 0.5) is 4.39 Å². The number of carbonyl (C=O) groups excluding carboxylic acids is 1. The summed E-state index contributed by atoms with van der Waals surface area (Å²) in [5.41, 5.74) is 0.564. The Labute approximate surface area is 140 Å². The van der Waals surface area contributed by atoms with Crippen LogP contribution in [0.15, 0.2) is 28.7 Å². The lowest BCUT2D eigenvalue weighted by Crippen LogP contribution is -2.31. The van der Waals surface area contributed by atoms with Crippen LogP contribution in [0.25, 0.3) is 0 Å². The molecule has 24 heavy (non-hydrogen) atoms. The second-order valence-corrected chi connectivity index (χ2v) is 7.66. The standard InChI is InChI=1S/C16H19FN2O4S/c1-10(2)7-14-18-11(3)15(23-14)16(20)19-24(21,22)9-12-5-4-6-13(17)8-12/h4-6,8,10H,7,9H2,1-3H3,(H,19,20). The van der Waals surface area contributed by atoms with Gasteiger partial charge in [-0.3, -0.25) is 4.79 Å². The average molecular weight is 354 g/mol. The molecular formula is C16H19FN2O4S. The van der Waals surface area contributed by atoms with Crippen molar-refractivity contribution in [2.45, 2.75) is 32.9 Å². The Bertz CT molecular complexity index is 844. The van der Waals surface area contributed by atoms with Crippen LogP contribution in [0, 0.1) is 18.7 Å². The van der Waals surface area contributed by atoms with Gasteiger partial charge in [-0.1, -0.05) is 26.0 Å². The molecule has 0 bridgehead atoms. The van der Waals surface area contributed by atoms with Gasteiger partial charge in [0.25, 0.3) is 0 Å². The second-order valence-electron chi connectivity index (χ2n) is 5.94. The first-order valence-corrected chi connectivity index (χ1v) is 9.07. The Hall–Kier alpha value is -2.22. The highest BCUT2D eigenvalue weighted by atomic mass is 32.2. The van der Waals surface area contributed by atoms with Gasteiger partial charge in [0.2, 0.25) is 15.8 Å². The first-order valence-electron chi connectivity index (χ1n) is 7.42. The summed E-state index contributed by atoms with van der Waals surface area (Å²) in [7, 11) is -3.98. The molecule has 0 saturated heterocycles. The minimum Gasteiger partial charge on any atom is -0.435 e. The van der Waals surface area contributed by atoms with Crippen molar-refractivity contribution in [2.75, 3.05) is 0 Å². The van der Waals surface area contributed by atoms with E-state index in [-0.39, 0.29) is 17.2 Å². The Morgan fingerprint density at radius 1 is 1.38 bits per heavy atom. The fourth-order valence-corrected chi connectivity index (χ4v) is 3.24. The first kappa shape index (κ1) is 18.1. The number of nitrogens with zero attached hydrogens (tertiary/aromatic N) is 1. The molecule has 1 heterocycles. The third kappa shape index (κ3) is 4.89. The van der Waals surface area contributed by atoms with Gasteiger partial charge in [0, 0.05) is 6.42 Å². The topological polar surface area (TPSA) is 89.3 Å². The number of sulfonamides is 1. The Kier molecular flexibility index (Phi) is 5.38. The van der Waals surface area contributed by atoms with Crippen LogP contribution in [0.5, 0.6) is 0 Å². The number of nitrogens with one attached hydrogen (secondary N) is 1. The third-order valence-corrected chi connectivity index (χ3v) is 4.33. The van der Waals surface area contributed by atoms with Crippen molar-refractivity contribution in [1.82, 2.24) is 9.71 Å². The highest BCUT2D eigenvalue weighted by molar-refractivity contribution is 7.89. The van der Waals surface area contributed by atoms with Gasteiger partial charge in [-0.2, -0.15) is 0 Å². The molecule has 2 rings (SSSR count). The number of hydrogen-bond acceptors (Lipinski definition) is 5. The van der Waals surface area contributed by atoms with Crippen molar-refractivity contribution in [2.24, 2.45) is 5.92 Å².